The van der Waals surface area contributed by atoms with Crippen molar-refractivity contribution in [3.63, 3.8) is 0 Å². The maximum absolute atomic E-state index is 14.6. The summed E-state index contributed by atoms with van der Waals surface area (Å²) in [7, 11) is 2.81. The number of carbonyl (C=O) groups excluding carboxylic acids is 1. The third kappa shape index (κ3) is 8.74. The Hall–Kier alpha value is -3.98. The van der Waals surface area contributed by atoms with E-state index in [1.807, 2.05) is 0 Å². The predicted molar refractivity (Wildman–Crippen MR) is 183 cm³/mol. The fraction of sp³-hybridized carbons (Fsp3) is 0.467. The standard InChI is InChI=1S/C30H38N7O12PS/c1-16(39)46-18-7-5-17(6-8-18)14-51-50(43,49-25-20(12-38)48-29(26(25)44-4)36-10-9-22(41)35-30(36)42)45-13-21-19(40)11-23(47-21)37-15-34-24(27(31)32-2)28(37)33-3/h5-10,15,19-21,23,25-26,29,38,40H,3,11-14H2,1-2,4H3,(H2,31,32)(H,35,41,42)/t19?,20-,21-,23-,25?,26?,29-,50?/m1/s1. The second kappa shape index (κ2) is 16.6. The van der Waals surface area contributed by atoms with Crippen LogP contribution in [0.3, 0.4) is 0 Å². The minimum absolute atomic E-state index is 0.0821. The number of aromatic nitrogens is 4. The van der Waals surface area contributed by atoms with Gasteiger partial charge in [-0.3, -0.25) is 37.7 Å². The maximum atomic E-state index is 14.6. The average molecular weight is 752 g/mol. The van der Waals surface area contributed by atoms with Gasteiger partial charge in [0.15, 0.2) is 12.0 Å². The molecule has 4 unspecified atom stereocenters. The SMILES string of the molecule is C=Nc1c(/C(N)=N\C)ncn1[C@H]1CC(O)[C@@H](COP(=O)(OC2C(OC)[C@H](n3ccc(=O)[nH]c3=O)O[C@@H]2CO)SCc2ccc(OC(C)=O)cc2)O1. The number of amidine groups is 1. The number of aromatic amines is 1. The number of nitrogens with zero attached hydrogens (tertiary/aromatic N) is 5. The lowest BCUT2D eigenvalue weighted by atomic mass is 10.1. The Bertz CT molecular complexity index is 1900. The molecule has 1 aromatic carbocycles. The summed E-state index contributed by atoms with van der Waals surface area (Å²) in [6.07, 6.45) is -4.79. The van der Waals surface area contributed by atoms with Crippen LogP contribution in [-0.4, -0.2) is 106 Å². The molecular weight excluding hydrogens is 713 g/mol. The molecule has 4 heterocycles. The number of benzene rings is 1. The first-order chi connectivity index (χ1) is 24.4. The van der Waals surface area contributed by atoms with Crippen LogP contribution in [-0.2, 0) is 38.4 Å². The molecular formula is C30H38N7O12PS. The van der Waals surface area contributed by atoms with Gasteiger partial charge >= 0.3 is 18.5 Å². The van der Waals surface area contributed by atoms with Gasteiger partial charge in [-0.15, -0.1) is 0 Å². The number of H-pyrrole nitrogens is 1. The maximum Gasteiger partial charge on any atom is 0.389 e. The average Bonchev–Trinajstić information content (AvgIpc) is 3.80. The number of nitrogens with one attached hydrogen (secondary N) is 1. The normalized spacial score (nSPS) is 26.2. The van der Waals surface area contributed by atoms with Crippen molar-refractivity contribution in [2.75, 3.05) is 27.4 Å². The molecule has 0 spiro atoms. The van der Waals surface area contributed by atoms with Crippen LogP contribution in [0.1, 0.15) is 37.1 Å². The second-order valence-electron chi connectivity index (χ2n) is 11.3. The van der Waals surface area contributed by atoms with E-state index in [-0.39, 0.29) is 29.5 Å². The van der Waals surface area contributed by atoms with E-state index in [9.17, 15) is 29.2 Å². The third-order valence-corrected chi connectivity index (χ3v) is 11.7. The highest BCUT2D eigenvalue weighted by Crippen LogP contribution is 2.64. The first-order valence-corrected chi connectivity index (χ1v) is 18.6. The van der Waals surface area contributed by atoms with E-state index >= 15 is 0 Å². The Morgan fingerprint density at radius 1 is 1.20 bits per heavy atom. The van der Waals surface area contributed by atoms with Crippen molar-refractivity contribution < 1.29 is 47.6 Å². The Morgan fingerprint density at radius 2 is 1.94 bits per heavy atom. The molecule has 0 bridgehead atoms. The van der Waals surface area contributed by atoms with Gasteiger partial charge in [-0.05, 0) is 35.8 Å². The first-order valence-electron chi connectivity index (χ1n) is 15.4. The van der Waals surface area contributed by atoms with E-state index < -0.39 is 80.2 Å². The highest BCUT2D eigenvalue weighted by atomic mass is 32.7. The van der Waals surface area contributed by atoms with E-state index in [1.54, 1.807) is 24.3 Å². The van der Waals surface area contributed by atoms with Gasteiger partial charge in [-0.2, -0.15) is 0 Å². The molecule has 2 saturated heterocycles. The van der Waals surface area contributed by atoms with Crippen LogP contribution in [0.25, 0.3) is 0 Å². The molecule has 0 radical (unpaired) electrons. The van der Waals surface area contributed by atoms with Crippen molar-refractivity contribution in [3.8, 4) is 5.75 Å². The number of hydrogen-bond donors (Lipinski definition) is 4. The lowest BCUT2D eigenvalue weighted by molar-refractivity contribution is -0.131. The van der Waals surface area contributed by atoms with E-state index in [1.165, 1.54) is 38.2 Å². The lowest BCUT2D eigenvalue weighted by Crippen LogP contribution is -2.39. The summed E-state index contributed by atoms with van der Waals surface area (Å²) in [4.78, 5) is 49.9. The van der Waals surface area contributed by atoms with Crippen molar-refractivity contribution in [2.45, 2.75) is 62.1 Å². The molecule has 0 aliphatic carbocycles. The van der Waals surface area contributed by atoms with Crippen molar-refractivity contribution in [2.24, 2.45) is 15.7 Å². The smallest absolute Gasteiger partial charge is 0.389 e. The molecule has 2 fully saturated rings. The third-order valence-electron chi connectivity index (χ3n) is 8.00. The summed E-state index contributed by atoms with van der Waals surface area (Å²) in [6, 6.07) is 7.58. The highest BCUT2D eigenvalue weighted by Gasteiger charge is 2.51. The van der Waals surface area contributed by atoms with Gasteiger partial charge in [0.05, 0.1) is 25.6 Å². The van der Waals surface area contributed by atoms with Crippen LogP contribution >= 0.6 is 18.2 Å². The lowest BCUT2D eigenvalue weighted by Gasteiger charge is -2.28. The minimum atomic E-state index is -4.26. The van der Waals surface area contributed by atoms with E-state index in [0.29, 0.717) is 11.3 Å². The number of hydrogen-bond acceptors (Lipinski definition) is 16. The summed E-state index contributed by atoms with van der Waals surface area (Å²) in [6.45, 7) is -0.429. The minimum Gasteiger partial charge on any atom is -0.427 e. The number of aliphatic hydroxyl groups is 2. The molecule has 21 heteroatoms. The summed E-state index contributed by atoms with van der Waals surface area (Å²) >= 11 is 0.799. The van der Waals surface area contributed by atoms with Crippen LogP contribution in [0.15, 0.2) is 62.4 Å². The van der Waals surface area contributed by atoms with Gasteiger partial charge in [-0.1, -0.05) is 12.1 Å². The molecule has 0 amide bonds. The summed E-state index contributed by atoms with van der Waals surface area (Å²) in [5, 5.41) is 21.2. The van der Waals surface area contributed by atoms with Gasteiger partial charge in [0.25, 0.3) is 5.56 Å². The van der Waals surface area contributed by atoms with E-state index in [0.717, 1.165) is 22.0 Å². The van der Waals surface area contributed by atoms with Crippen LogP contribution in [0.5, 0.6) is 5.75 Å². The summed E-state index contributed by atoms with van der Waals surface area (Å²) in [5.74, 6) is 0.320. The molecule has 276 valence electrons. The van der Waals surface area contributed by atoms with Crippen LogP contribution in [0.4, 0.5) is 5.82 Å². The molecule has 5 N–H and O–H groups in total. The largest absolute Gasteiger partial charge is 0.427 e. The number of ether oxygens (including phenoxy) is 4. The van der Waals surface area contributed by atoms with Crippen LogP contribution in [0, 0.1) is 0 Å². The van der Waals surface area contributed by atoms with Crippen molar-refractivity contribution in [1.29, 1.82) is 0 Å². The van der Waals surface area contributed by atoms with Crippen molar-refractivity contribution in [1.82, 2.24) is 19.1 Å². The molecule has 2 aliphatic heterocycles. The molecule has 5 rings (SSSR count). The first kappa shape index (κ1) is 38.3. The zero-order valence-corrected chi connectivity index (χ0v) is 29.5. The quantitative estimate of drug-likeness (QED) is 0.0556. The van der Waals surface area contributed by atoms with Crippen molar-refractivity contribution >= 4 is 42.5 Å². The molecule has 2 aromatic heterocycles. The molecule has 8 atom stereocenters. The molecule has 2 aliphatic rings. The van der Waals surface area contributed by atoms with E-state index in [2.05, 4.69) is 26.7 Å². The van der Waals surface area contributed by atoms with Crippen LogP contribution < -0.4 is 21.7 Å². The zero-order valence-electron chi connectivity index (χ0n) is 27.8. The monoisotopic (exact) mass is 751 g/mol. The molecule has 3 aromatic rings. The Kier molecular flexibility index (Phi) is 12.4. The van der Waals surface area contributed by atoms with Crippen LogP contribution in [0.2, 0.25) is 0 Å². The van der Waals surface area contributed by atoms with Gasteiger partial charge in [-0.25, -0.2) is 19.3 Å². The molecule has 51 heavy (non-hydrogen) atoms. The Labute approximate surface area is 294 Å². The number of nitrogens with two attached hydrogens (primary N) is 1. The number of aliphatic imine (C=N–C) groups is 2. The molecule has 0 saturated carbocycles. The Balaban J connectivity index is 1.38. The number of imidazole rings is 1. The second-order valence-corrected chi connectivity index (χ2v) is 15.3. The fourth-order valence-electron chi connectivity index (χ4n) is 5.51. The van der Waals surface area contributed by atoms with Crippen molar-refractivity contribution in [3.05, 3.63) is 75.0 Å². The number of esters is 1. The predicted octanol–water partition coefficient (Wildman–Crippen LogP) is 1.02. The van der Waals surface area contributed by atoms with E-state index in [4.69, 9.17) is 33.7 Å². The number of carbonyl (C=O) groups is 1. The zero-order chi connectivity index (χ0) is 36.9. The number of methoxy groups -OCH3 is 1. The Morgan fingerprint density at radius 3 is 2.57 bits per heavy atom. The van der Waals surface area contributed by atoms with Gasteiger partial charge in [0.2, 0.25) is 0 Å². The van der Waals surface area contributed by atoms with Gasteiger partial charge in [0, 0.05) is 45.5 Å². The number of aliphatic hydroxyl groups excluding tert-OH is 2. The fourth-order valence-corrected chi connectivity index (χ4v) is 8.90. The summed E-state index contributed by atoms with van der Waals surface area (Å²) < 4.78 is 52.0. The van der Waals surface area contributed by atoms with Gasteiger partial charge in [0.1, 0.15) is 47.9 Å². The topological polar surface area (TPSA) is 253 Å². The highest BCUT2D eigenvalue weighted by molar-refractivity contribution is 8.54. The van der Waals surface area contributed by atoms with Gasteiger partial charge < -0.3 is 34.9 Å². The number of rotatable bonds is 15. The summed E-state index contributed by atoms with van der Waals surface area (Å²) in [5.41, 5.74) is 5.45. The molecule has 19 nitrogen and oxygen atoms in total.